The predicted octanol–water partition coefficient (Wildman–Crippen LogP) is 3.23. The number of hydrogen-bond donors (Lipinski definition) is 0. The maximum absolute atomic E-state index is 5.47. The van der Waals surface area contributed by atoms with Crippen LogP contribution in [0.4, 0.5) is 0 Å². The Morgan fingerprint density at radius 2 is 2.06 bits per heavy atom. The second-order valence-electron chi connectivity index (χ2n) is 4.17. The van der Waals surface area contributed by atoms with E-state index in [-0.39, 0.29) is 0 Å². The minimum atomic E-state index is 0.332. The molecular formula is C15H14O2. The average molecular weight is 226 g/mol. The first-order chi connectivity index (χ1) is 8.42. The maximum atomic E-state index is 5.47. The second-order valence-corrected chi connectivity index (χ2v) is 4.17. The zero-order valence-corrected chi connectivity index (χ0v) is 9.45. The summed E-state index contributed by atoms with van der Waals surface area (Å²) in [6.07, 6.45) is 11.7. The Labute approximate surface area is 101 Å². The number of para-hydroxylation sites is 1. The Kier molecular flexibility index (Phi) is 2.80. The monoisotopic (exact) mass is 226 g/mol. The van der Waals surface area contributed by atoms with Crippen LogP contribution in [0.5, 0.6) is 5.75 Å². The summed E-state index contributed by atoms with van der Waals surface area (Å²) < 4.78 is 10.8. The van der Waals surface area contributed by atoms with Gasteiger partial charge >= 0.3 is 0 Å². The van der Waals surface area contributed by atoms with Crippen LogP contribution < -0.4 is 4.74 Å². The zero-order valence-electron chi connectivity index (χ0n) is 9.45. The second kappa shape index (κ2) is 4.60. The van der Waals surface area contributed by atoms with Crippen molar-refractivity contribution < 1.29 is 9.47 Å². The molecule has 1 heterocycles. The number of benzene rings is 1. The largest absolute Gasteiger partial charge is 0.465 e. The van der Waals surface area contributed by atoms with E-state index in [2.05, 4.69) is 18.2 Å². The van der Waals surface area contributed by atoms with Crippen LogP contribution in [0.3, 0.4) is 0 Å². The number of hydrogen-bond acceptors (Lipinski definition) is 2. The molecule has 1 aromatic rings. The highest BCUT2D eigenvalue weighted by molar-refractivity contribution is 5.33. The van der Waals surface area contributed by atoms with E-state index in [4.69, 9.17) is 9.47 Å². The molecule has 0 spiro atoms. The summed E-state index contributed by atoms with van der Waals surface area (Å²) in [5.74, 6) is 0.863. The van der Waals surface area contributed by atoms with Gasteiger partial charge in [-0.05, 0) is 36.3 Å². The number of rotatable bonds is 4. The molecule has 0 saturated carbocycles. The Morgan fingerprint density at radius 1 is 1.18 bits per heavy atom. The normalized spacial score (nSPS) is 25.5. The van der Waals surface area contributed by atoms with Crippen molar-refractivity contribution in [3.63, 3.8) is 0 Å². The van der Waals surface area contributed by atoms with Crippen LogP contribution >= 0.6 is 0 Å². The highest BCUT2D eigenvalue weighted by Gasteiger charge is 2.36. The molecule has 2 unspecified atom stereocenters. The molecule has 17 heavy (non-hydrogen) atoms. The van der Waals surface area contributed by atoms with Gasteiger partial charge in [0.05, 0.1) is 6.26 Å². The summed E-state index contributed by atoms with van der Waals surface area (Å²) in [4.78, 5) is 0. The van der Waals surface area contributed by atoms with Crippen LogP contribution in [0.25, 0.3) is 0 Å². The van der Waals surface area contributed by atoms with E-state index in [9.17, 15) is 0 Å². The number of allylic oxidation sites excluding steroid dienone is 3. The van der Waals surface area contributed by atoms with E-state index < -0.39 is 0 Å². The van der Waals surface area contributed by atoms with Crippen LogP contribution in [0.2, 0.25) is 0 Å². The SMILES string of the molecule is C(=COc1ccccc1)CC1=CC2OC2C=C1. The van der Waals surface area contributed by atoms with Gasteiger partial charge in [0, 0.05) is 0 Å². The minimum Gasteiger partial charge on any atom is -0.465 e. The van der Waals surface area contributed by atoms with E-state index in [0.717, 1.165) is 12.2 Å². The summed E-state index contributed by atoms with van der Waals surface area (Å²) in [5.41, 5.74) is 1.29. The fourth-order valence-corrected chi connectivity index (χ4v) is 1.86. The van der Waals surface area contributed by atoms with Crippen LogP contribution in [0, 0.1) is 0 Å². The van der Waals surface area contributed by atoms with Gasteiger partial charge in [0.2, 0.25) is 0 Å². The molecule has 2 heteroatoms. The van der Waals surface area contributed by atoms with E-state index in [1.165, 1.54) is 5.57 Å². The molecule has 1 saturated heterocycles. The van der Waals surface area contributed by atoms with Crippen molar-refractivity contribution in [2.75, 3.05) is 0 Å². The van der Waals surface area contributed by atoms with Crippen LogP contribution in [-0.2, 0) is 4.74 Å². The fourth-order valence-electron chi connectivity index (χ4n) is 1.86. The van der Waals surface area contributed by atoms with Gasteiger partial charge in [0.1, 0.15) is 18.0 Å². The van der Waals surface area contributed by atoms with Gasteiger partial charge in [-0.15, -0.1) is 0 Å². The maximum Gasteiger partial charge on any atom is 0.126 e. The molecule has 0 amide bonds. The molecule has 1 fully saturated rings. The van der Waals surface area contributed by atoms with E-state index in [1.807, 2.05) is 36.4 Å². The van der Waals surface area contributed by atoms with Gasteiger partial charge in [-0.3, -0.25) is 0 Å². The van der Waals surface area contributed by atoms with Crippen molar-refractivity contribution in [1.82, 2.24) is 0 Å². The molecule has 1 aliphatic heterocycles. The molecule has 2 nitrogen and oxygen atoms in total. The predicted molar refractivity (Wildman–Crippen MR) is 66.7 cm³/mol. The molecule has 0 radical (unpaired) electrons. The van der Waals surface area contributed by atoms with E-state index in [0.29, 0.717) is 12.2 Å². The molecule has 2 atom stereocenters. The van der Waals surface area contributed by atoms with Crippen LogP contribution in [0.15, 0.2) is 66.5 Å². The topological polar surface area (TPSA) is 21.8 Å². The third-order valence-electron chi connectivity index (χ3n) is 2.84. The molecule has 2 aliphatic rings. The van der Waals surface area contributed by atoms with Crippen LogP contribution in [-0.4, -0.2) is 12.2 Å². The van der Waals surface area contributed by atoms with E-state index in [1.54, 1.807) is 6.26 Å². The van der Waals surface area contributed by atoms with Crippen molar-refractivity contribution in [2.24, 2.45) is 0 Å². The number of epoxide rings is 1. The first-order valence-corrected chi connectivity index (χ1v) is 5.83. The van der Waals surface area contributed by atoms with Crippen LogP contribution in [0.1, 0.15) is 6.42 Å². The van der Waals surface area contributed by atoms with Crippen molar-refractivity contribution >= 4 is 0 Å². The zero-order chi connectivity index (χ0) is 11.5. The number of fused-ring (bicyclic) bond motifs is 1. The van der Waals surface area contributed by atoms with Gasteiger partial charge < -0.3 is 9.47 Å². The van der Waals surface area contributed by atoms with Gasteiger partial charge in [-0.2, -0.15) is 0 Å². The van der Waals surface area contributed by atoms with Gasteiger partial charge in [0.15, 0.2) is 0 Å². The van der Waals surface area contributed by atoms with Crippen molar-refractivity contribution in [3.8, 4) is 5.75 Å². The molecular weight excluding hydrogens is 212 g/mol. The first kappa shape index (κ1) is 10.4. The quantitative estimate of drug-likeness (QED) is 0.580. The third kappa shape index (κ3) is 2.66. The smallest absolute Gasteiger partial charge is 0.126 e. The summed E-state index contributed by atoms with van der Waals surface area (Å²) >= 11 is 0. The highest BCUT2D eigenvalue weighted by Crippen LogP contribution is 2.30. The summed E-state index contributed by atoms with van der Waals surface area (Å²) in [7, 11) is 0. The van der Waals surface area contributed by atoms with Crippen molar-refractivity contribution in [2.45, 2.75) is 18.6 Å². The Balaban J connectivity index is 1.50. The van der Waals surface area contributed by atoms with Gasteiger partial charge in [0.25, 0.3) is 0 Å². The third-order valence-corrected chi connectivity index (χ3v) is 2.84. The van der Waals surface area contributed by atoms with Crippen molar-refractivity contribution in [1.29, 1.82) is 0 Å². The molecule has 86 valence electrons. The molecule has 0 bridgehead atoms. The minimum absolute atomic E-state index is 0.332. The Morgan fingerprint density at radius 3 is 2.88 bits per heavy atom. The highest BCUT2D eigenvalue weighted by atomic mass is 16.6. The molecule has 0 aromatic heterocycles. The number of ether oxygens (including phenoxy) is 2. The fraction of sp³-hybridized carbons (Fsp3) is 0.200. The van der Waals surface area contributed by atoms with E-state index >= 15 is 0 Å². The molecule has 0 N–H and O–H groups in total. The lowest BCUT2D eigenvalue weighted by molar-refractivity contribution is 0.414. The lowest BCUT2D eigenvalue weighted by atomic mass is 10.0. The van der Waals surface area contributed by atoms with Gasteiger partial charge in [-0.25, -0.2) is 0 Å². The molecule has 3 rings (SSSR count). The molecule has 1 aromatic carbocycles. The van der Waals surface area contributed by atoms with Gasteiger partial charge in [-0.1, -0.05) is 30.4 Å². The lowest BCUT2D eigenvalue weighted by Gasteiger charge is -2.01. The first-order valence-electron chi connectivity index (χ1n) is 5.83. The standard InChI is InChI=1S/C15H14O2/c1-2-6-13(7-3-1)16-10-4-5-12-8-9-14-15(11-12)17-14/h1-4,6-11,14-15H,5H2. The Hall–Kier alpha value is -1.80. The summed E-state index contributed by atoms with van der Waals surface area (Å²) in [6.45, 7) is 0. The summed E-state index contributed by atoms with van der Waals surface area (Å²) in [6, 6.07) is 9.76. The Bertz CT molecular complexity index is 471. The molecule has 1 aliphatic carbocycles. The average Bonchev–Trinajstić information content (AvgIpc) is 3.14. The van der Waals surface area contributed by atoms with Crippen molar-refractivity contribution in [3.05, 3.63) is 66.5 Å². The summed E-state index contributed by atoms with van der Waals surface area (Å²) in [5, 5.41) is 0. The lowest BCUT2D eigenvalue weighted by Crippen LogP contribution is -1.93.